The molecule has 2 rings (SSSR count). The first kappa shape index (κ1) is 18.4. The molecular formula is C20H27NO3. The molecule has 1 atom stereocenters. The van der Waals surface area contributed by atoms with Crippen LogP contribution in [0.3, 0.4) is 0 Å². The van der Waals surface area contributed by atoms with Crippen LogP contribution in [0.15, 0.2) is 42.0 Å². The van der Waals surface area contributed by atoms with Gasteiger partial charge >= 0.3 is 5.97 Å². The number of hydrogen-bond donors (Lipinski definition) is 1. The summed E-state index contributed by atoms with van der Waals surface area (Å²) >= 11 is 0. The molecule has 0 bridgehead atoms. The number of hydrogen-bond acceptors (Lipinski definition) is 4. The molecule has 0 saturated carbocycles. The Labute approximate surface area is 144 Å². The highest BCUT2D eigenvalue weighted by atomic mass is 16.5. The fourth-order valence-corrected chi connectivity index (χ4v) is 2.99. The average Bonchev–Trinajstić information content (AvgIpc) is 2.62. The fourth-order valence-electron chi connectivity index (χ4n) is 2.99. The van der Waals surface area contributed by atoms with Gasteiger partial charge in [0.1, 0.15) is 0 Å². The lowest BCUT2D eigenvalue weighted by Crippen LogP contribution is -2.39. The van der Waals surface area contributed by atoms with Gasteiger partial charge in [-0.1, -0.05) is 42.0 Å². The Hall–Kier alpha value is -1.94. The molecule has 0 aliphatic heterocycles. The minimum atomic E-state index is -0.532. The number of Topliss-reactive ketones (excluding diaryl/α,β-unsaturated/α-hetero) is 1. The highest BCUT2D eigenvalue weighted by molar-refractivity contribution is 6.01. The molecule has 0 heterocycles. The Balaban J connectivity index is 1.95. The lowest BCUT2D eigenvalue weighted by atomic mass is 9.96. The van der Waals surface area contributed by atoms with Gasteiger partial charge in [-0.3, -0.25) is 9.59 Å². The number of carbonyl (C=O) groups is 2. The van der Waals surface area contributed by atoms with Gasteiger partial charge in [0.2, 0.25) is 0 Å². The first-order chi connectivity index (χ1) is 11.7. The molecule has 4 nitrogen and oxygen atoms in total. The molecule has 130 valence electrons. The second kappa shape index (κ2) is 10.0. The molecule has 1 N–H and O–H groups in total. The average molecular weight is 329 g/mol. The smallest absolute Gasteiger partial charge is 0.307 e. The zero-order valence-corrected chi connectivity index (χ0v) is 14.4. The van der Waals surface area contributed by atoms with E-state index >= 15 is 0 Å². The van der Waals surface area contributed by atoms with Crippen molar-refractivity contribution in [1.29, 1.82) is 0 Å². The maximum absolute atomic E-state index is 12.7. The van der Waals surface area contributed by atoms with E-state index in [1.165, 1.54) is 18.4 Å². The maximum atomic E-state index is 12.7. The van der Waals surface area contributed by atoms with Crippen molar-refractivity contribution in [3.05, 3.63) is 47.5 Å². The van der Waals surface area contributed by atoms with Crippen LogP contribution in [0.2, 0.25) is 0 Å². The SMILES string of the molecule is CCOC(=O)CC(NCCC1=CCCCC1)C(=O)c1ccccc1. The minimum Gasteiger partial charge on any atom is -0.466 e. The number of esters is 1. The number of nitrogens with one attached hydrogen (secondary N) is 1. The van der Waals surface area contributed by atoms with Crippen LogP contribution in [0.1, 0.15) is 55.8 Å². The third kappa shape index (κ3) is 5.93. The van der Waals surface area contributed by atoms with Crippen molar-refractivity contribution in [2.45, 2.75) is 51.5 Å². The van der Waals surface area contributed by atoms with E-state index in [1.54, 1.807) is 19.1 Å². The summed E-state index contributed by atoms with van der Waals surface area (Å²) in [5, 5.41) is 3.26. The summed E-state index contributed by atoms with van der Waals surface area (Å²) in [5.74, 6) is -0.391. The summed E-state index contributed by atoms with van der Waals surface area (Å²) in [6.45, 7) is 2.81. The molecule has 1 unspecified atom stereocenters. The van der Waals surface area contributed by atoms with Crippen LogP contribution >= 0.6 is 0 Å². The van der Waals surface area contributed by atoms with Crippen LogP contribution in [-0.2, 0) is 9.53 Å². The van der Waals surface area contributed by atoms with E-state index in [-0.39, 0.29) is 18.2 Å². The molecule has 4 heteroatoms. The van der Waals surface area contributed by atoms with Crippen molar-refractivity contribution in [3.63, 3.8) is 0 Å². The Kier molecular flexibility index (Phi) is 7.69. The van der Waals surface area contributed by atoms with Gasteiger partial charge in [-0.05, 0) is 45.6 Å². The quantitative estimate of drug-likeness (QED) is 0.427. The van der Waals surface area contributed by atoms with E-state index in [4.69, 9.17) is 4.74 Å². The van der Waals surface area contributed by atoms with Gasteiger partial charge in [0, 0.05) is 5.56 Å². The van der Waals surface area contributed by atoms with Gasteiger partial charge in [-0.15, -0.1) is 0 Å². The van der Waals surface area contributed by atoms with Gasteiger partial charge in [0.25, 0.3) is 0 Å². The first-order valence-electron chi connectivity index (χ1n) is 8.87. The topological polar surface area (TPSA) is 55.4 Å². The van der Waals surface area contributed by atoms with Crippen molar-refractivity contribution in [3.8, 4) is 0 Å². The monoisotopic (exact) mass is 329 g/mol. The van der Waals surface area contributed by atoms with Crippen LogP contribution in [-0.4, -0.2) is 30.9 Å². The number of carbonyl (C=O) groups excluding carboxylic acids is 2. The van der Waals surface area contributed by atoms with Gasteiger partial charge in [0.05, 0.1) is 19.1 Å². The molecule has 24 heavy (non-hydrogen) atoms. The molecule has 0 aromatic heterocycles. The third-order valence-corrected chi connectivity index (χ3v) is 4.27. The lowest BCUT2D eigenvalue weighted by molar-refractivity contribution is -0.143. The van der Waals surface area contributed by atoms with Gasteiger partial charge in [-0.25, -0.2) is 0 Å². The van der Waals surface area contributed by atoms with Gasteiger partial charge in [-0.2, -0.15) is 0 Å². The van der Waals surface area contributed by atoms with Crippen molar-refractivity contribution in [2.75, 3.05) is 13.2 Å². The van der Waals surface area contributed by atoms with Crippen molar-refractivity contribution >= 4 is 11.8 Å². The predicted molar refractivity (Wildman–Crippen MR) is 95.0 cm³/mol. The predicted octanol–water partition coefficient (Wildman–Crippen LogP) is 3.67. The molecule has 0 saturated heterocycles. The Morgan fingerprint density at radius 3 is 2.67 bits per heavy atom. The summed E-state index contributed by atoms with van der Waals surface area (Å²) in [4.78, 5) is 24.5. The van der Waals surface area contributed by atoms with E-state index in [2.05, 4.69) is 11.4 Å². The molecule has 0 fully saturated rings. The standard InChI is InChI=1S/C20H27NO3/c1-2-24-19(22)15-18(20(23)17-11-7-4-8-12-17)21-14-13-16-9-5-3-6-10-16/h4,7-9,11-12,18,21H,2-3,5-6,10,13-15H2,1H3. The Morgan fingerprint density at radius 2 is 2.00 bits per heavy atom. The van der Waals surface area contributed by atoms with Crippen LogP contribution in [0.4, 0.5) is 0 Å². The van der Waals surface area contributed by atoms with Gasteiger partial charge in [0.15, 0.2) is 5.78 Å². The molecular weight excluding hydrogens is 302 g/mol. The van der Waals surface area contributed by atoms with Gasteiger partial charge < -0.3 is 10.1 Å². The molecule has 0 amide bonds. The van der Waals surface area contributed by atoms with Crippen LogP contribution in [0.5, 0.6) is 0 Å². The second-order valence-electron chi connectivity index (χ2n) is 6.10. The highest BCUT2D eigenvalue weighted by Crippen LogP contribution is 2.19. The molecule has 1 aromatic carbocycles. The largest absolute Gasteiger partial charge is 0.466 e. The number of allylic oxidation sites excluding steroid dienone is 1. The van der Waals surface area contributed by atoms with Crippen molar-refractivity contribution < 1.29 is 14.3 Å². The number of ether oxygens (including phenoxy) is 1. The van der Waals surface area contributed by atoms with E-state index in [0.29, 0.717) is 18.7 Å². The Morgan fingerprint density at radius 1 is 1.21 bits per heavy atom. The molecule has 1 aliphatic rings. The van der Waals surface area contributed by atoms with Crippen molar-refractivity contribution in [2.24, 2.45) is 0 Å². The van der Waals surface area contributed by atoms with Crippen LogP contribution in [0.25, 0.3) is 0 Å². The van der Waals surface area contributed by atoms with Crippen LogP contribution in [0, 0.1) is 0 Å². The number of ketones is 1. The van der Waals surface area contributed by atoms with E-state index in [1.807, 2.05) is 18.2 Å². The Bertz CT molecular complexity index is 566. The summed E-state index contributed by atoms with van der Waals surface area (Å²) in [6.07, 6.45) is 8.14. The van der Waals surface area contributed by atoms with E-state index in [9.17, 15) is 9.59 Å². The summed E-state index contributed by atoms with van der Waals surface area (Å²) in [7, 11) is 0. The molecule has 1 aliphatic carbocycles. The zero-order valence-electron chi connectivity index (χ0n) is 14.4. The van der Waals surface area contributed by atoms with E-state index in [0.717, 1.165) is 19.3 Å². The summed E-state index contributed by atoms with van der Waals surface area (Å²) < 4.78 is 5.01. The minimum absolute atomic E-state index is 0.0544. The van der Waals surface area contributed by atoms with E-state index < -0.39 is 6.04 Å². The summed E-state index contributed by atoms with van der Waals surface area (Å²) in [6, 6.07) is 8.58. The summed E-state index contributed by atoms with van der Waals surface area (Å²) in [5.41, 5.74) is 2.08. The van der Waals surface area contributed by atoms with Crippen LogP contribution < -0.4 is 5.32 Å². The molecule has 0 radical (unpaired) electrons. The highest BCUT2D eigenvalue weighted by Gasteiger charge is 2.23. The fraction of sp³-hybridized carbons (Fsp3) is 0.500. The molecule has 0 spiro atoms. The molecule has 1 aromatic rings. The normalized spacial score (nSPS) is 15.5. The number of rotatable bonds is 9. The second-order valence-corrected chi connectivity index (χ2v) is 6.10. The lowest BCUT2D eigenvalue weighted by Gasteiger charge is -2.18. The van der Waals surface area contributed by atoms with Crippen molar-refractivity contribution in [1.82, 2.24) is 5.32 Å². The first-order valence-corrected chi connectivity index (χ1v) is 8.87. The number of benzene rings is 1. The zero-order chi connectivity index (χ0) is 17.2. The third-order valence-electron chi connectivity index (χ3n) is 4.27. The maximum Gasteiger partial charge on any atom is 0.307 e.